The molecular weight excluding hydrogens is 422 g/mol. The van der Waals surface area contributed by atoms with Gasteiger partial charge in [-0.2, -0.15) is 0 Å². The molecule has 1 spiro atoms. The van der Waals surface area contributed by atoms with E-state index in [0.717, 1.165) is 28.3 Å². The van der Waals surface area contributed by atoms with Crippen molar-refractivity contribution in [2.45, 2.75) is 37.9 Å². The molecule has 1 atom stereocenters. The highest BCUT2D eigenvalue weighted by molar-refractivity contribution is 5.78. The van der Waals surface area contributed by atoms with Crippen molar-refractivity contribution in [3.05, 3.63) is 59.5 Å². The quantitative estimate of drug-likeness (QED) is 0.609. The summed E-state index contributed by atoms with van der Waals surface area (Å²) in [7, 11) is 0. The Bertz CT molecular complexity index is 1190. The summed E-state index contributed by atoms with van der Waals surface area (Å²) in [4.78, 5) is 20.0. The van der Waals surface area contributed by atoms with Crippen LogP contribution in [0, 0.1) is 6.92 Å². The van der Waals surface area contributed by atoms with Crippen LogP contribution in [0.25, 0.3) is 5.65 Å². The third-order valence-electron chi connectivity index (χ3n) is 6.98. The molecule has 3 aliphatic heterocycles. The summed E-state index contributed by atoms with van der Waals surface area (Å²) in [6, 6.07) is 12.0. The number of fused-ring (bicyclic) bond motifs is 2. The summed E-state index contributed by atoms with van der Waals surface area (Å²) in [6.45, 7) is 4.82. The lowest BCUT2D eigenvalue weighted by atomic mass is 9.91. The Labute approximate surface area is 192 Å². The SMILES string of the molecule is Cc1cccc2ncc(C(CC(=O)N3CCC4(CC3)OCCO4)c3ccc4c(c3)OCO4)n12. The monoisotopic (exact) mass is 449 g/mol. The fourth-order valence-corrected chi connectivity index (χ4v) is 5.18. The number of hydrogen-bond acceptors (Lipinski definition) is 6. The molecule has 6 rings (SSSR count). The molecule has 8 nitrogen and oxygen atoms in total. The van der Waals surface area contributed by atoms with Crippen LogP contribution >= 0.6 is 0 Å². The first-order valence-corrected chi connectivity index (χ1v) is 11.5. The lowest BCUT2D eigenvalue weighted by Gasteiger charge is -2.38. The van der Waals surface area contributed by atoms with E-state index in [-0.39, 0.29) is 18.6 Å². The number of nitrogens with zero attached hydrogens (tertiary/aromatic N) is 3. The fourth-order valence-electron chi connectivity index (χ4n) is 5.18. The number of carbonyl (C=O) groups excluding carboxylic acids is 1. The molecule has 2 aromatic heterocycles. The smallest absolute Gasteiger partial charge is 0.231 e. The van der Waals surface area contributed by atoms with Crippen molar-refractivity contribution in [2.75, 3.05) is 33.1 Å². The van der Waals surface area contributed by atoms with E-state index in [4.69, 9.17) is 18.9 Å². The van der Waals surface area contributed by atoms with Crippen LogP contribution in [-0.4, -0.2) is 59.1 Å². The predicted octanol–water partition coefficient (Wildman–Crippen LogP) is 3.26. The maximum Gasteiger partial charge on any atom is 0.231 e. The Hall–Kier alpha value is -3.10. The molecule has 0 N–H and O–H groups in total. The van der Waals surface area contributed by atoms with Crippen molar-refractivity contribution in [3.63, 3.8) is 0 Å². The molecule has 1 amide bonds. The first-order valence-electron chi connectivity index (χ1n) is 11.5. The van der Waals surface area contributed by atoms with Crippen molar-refractivity contribution in [3.8, 4) is 11.5 Å². The summed E-state index contributed by atoms with van der Waals surface area (Å²) < 4.78 is 24.9. The molecule has 5 heterocycles. The average molecular weight is 450 g/mol. The number of aromatic nitrogens is 2. The molecule has 172 valence electrons. The predicted molar refractivity (Wildman–Crippen MR) is 119 cm³/mol. The molecular formula is C25H27N3O5. The maximum atomic E-state index is 13.5. The maximum absolute atomic E-state index is 13.5. The lowest BCUT2D eigenvalue weighted by Crippen LogP contribution is -2.47. The molecule has 33 heavy (non-hydrogen) atoms. The van der Waals surface area contributed by atoms with Gasteiger partial charge >= 0.3 is 0 Å². The van der Waals surface area contributed by atoms with Crippen molar-refractivity contribution in [1.82, 2.24) is 14.3 Å². The zero-order valence-electron chi connectivity index (χ0n) is 18.7. The van der Waals surface area contributed by atoms with Gasteiger partial charge in [-0.1, -0.05) is 12.1 Å². The summed E-state index contributed by atoms with van der Waals surface area (Å²) in [6.07, 6.45) is 3.65. The van der Waals surface area contributed by atoms with Gasteiger partial charge in [0.2, 0.25) is 12.7 Å². The van der Waals surface area contributed by atoms with E-state index in [1.165, 1.54) is 0 Å². The Morgan fingerprint density at radius 3 is 2.70 bits per heavy atom. The van der Waals surface area contributed by atoms with E-state index in [1.54, 1.807) is 0 Å². The molecule has 1 unspecified atom stereocenters. The minimum atomic E-state index is -0.494. The van der Waals surface area contributed by atoms with Crippen molar-refractivity contribution < 1.29 is 23.7 Å². The summed E-state index contributed by atoms with van der Waals surface area (Å²) in [5, 5.41) is 0. The Morgan fingerprint density at radius 1 is 1.09 bits per heavy atom. The number of aryl methyl sites for hydroxylation is 1. The number of piperidine rings is 1. The van der Waals surface area contributed by atoms with E-state index in [2.05, 4.69) is 22.4 Å². The summed E-state index contributed by atoms with van der Waals surface area (Å²) in [5.41, 5.74) is 3.95. The van der Waals surface area contributed by atoms with Gasteiger partial charge in [0.25, 0.3) is 0 Å². The second kappa shape index (κ2) is 8.04. The lowest BCUT2D eigenvalue weighted by molar-refractivity contribution is -0.187. The van der Waals surface area contributed by atoms with Crippen molar-refractivity contribution in [1.29, 1.82) is 0 Å². The number of ether oxygens (including phenoxy) is 4. The van der Waals surface area contributed by atoms with Crippen LogP contribution in [0.2, 0.25) is 0 Å². The Kier molecular flexibility index (Phi) is 4.99. The largest absolute Gasteiger partial charge is 0.454 e. The number of carbonyl (C=O) groups is 1. The van der Waals surface area contributed by atoms with Crippen LogP contribution in [-0.2, 0) is 14.3 Å². The van der Waals surface area contributed by atoms with E-state index >= 15 is 0 Å². The highest BCUT2D eigenvalue weighted by Gasteiger charge is 2.41. The van der Waals surface area contributed by atoms with Gasteiger partial charge in [-0.05, 0) is 36.8 Å². The highest BCUT2D eigenvalue weighted by atomic mass is 16.7. The Balaban J connectivity index is 1.31. The van der Waals surface area contributed by atoms with Gasteiger partial charge in [0.1, 0.15) is 5.65 Å². The van der Waals surface area contributed by atoms with E-state index < -0.39 is 5.79 Å². The van der Waals surface area contributed by atoms with E-state index in [9.17, 15) is 4.79 Å². The molecule has 1 aromatic carbocycles. The number of imidazole rings is 1. The molecule has 3 aromatic rings. The highest BCUT2D eigenvalue weighted by Crippen LogP contribution is 2.39. The number of hydrogen-bond donors (Lipinski definition) is 0. The van der Waals surface area contributed by atoms with Crippen molar-refractivity contribution in [2.24, 2.45) is 0 Å². The van der Waals surface area contributed by atoms with E-state index in [1.807, 2.05) is 41.4 Å². The molecule has 3 aliphatic rings. The summed E-state index contributed by atoms with van der Waals surface area (Å²) >= 11 is 0. The van der Waals surface area contributed by atoms with Gasteiger partial charge in [-0.25, -0.2) is 4.98 Å². The van der Waals surface area contributed by atoms with Gasteiger partial charge in [0.15, 0.2) is 17.3 Å². The van der Waals surface area contributed by atoms with Crippen LogP contribution in [0.3, 0.4) is 0 Å². The molecule has 0 radical (unpaired) electrons. The van der Waals surface area contributed by atoms with E-state index in [0.29, 0.717) is 51.3 Å². The minimum absolute atomic E-state index is 0.119. The molecule has 2 saturated heterocycles. The van der Waals surface area contributed by atoms with Crippen LogP contribution in [0.5, 0.6) is 11.5 Å². The number of amides is 1. The molecule has 2 fully saturated rings. The van der Waals surface area contributed by atoms with Crippen LogP contribution in [0.1, 0.15) is 42.1 Å². The first-order chi connectivity index (χ1) is 16.1. The number of benzene rings is 1. The fraction of sp³-hybridized carbons (Fsp3) is 0.440. The number of rotatable bonds is 4. The number of pyridine rings is 1. The minimum Gasteiger partial charge on any atom is -0.454 e. The standard InChI is InChI=1S/C25H27N3O5/c1-17-3-2-4-23-26-15-20(28(17)23)19(18-5-6-21-22(13-18)31-16-30-21)14-24(29)27-9-7-25(8-10-27)32-11-12-33-25/h2-6,13,15,19H,7-12,14,16H2,1H3. The third kappa shape index (κ3) is 3.63. The molecule has 0 aliphatic carbocycles. The molecule has 0 saturated carbocycles. The van der Waals surface area contributed by atoms with Crippen LogP contribution < -0.4 is 9.47 Å². The normalized spacial score (nSPS) is 20.0. The second-order valence-electron chi connectivity index (χ2n) is 8.90. The molecule has 8 heteroatoms. The second-order valence-corrected chi connectivity index (χ2v) is 8.90. The zero-order valence-corrected chi connectivity index (χ0v) is 18.7. The zero-order chi connectivity index (χ0) is 22.4. The van der Waals surface area contributed by atoms with Gasteiger partial charge in [0, 0.05) is 50.2 Å². The van der Waals surface area contributed by atoms with Crippen LogP contribution in [0.4, 0.5) is 0 Å². The third-order valence-corrected chi connectivity index (χ3v) is 6.98. The van der Waals surface area contributed by atoms with Gasteiger partial charge < -0.3 is 28.2 Å². The topological polar surface area (TPSA) is 74.5 Å². The summed E-state index contributed by atoms with van der Waals surface area (Å²) in [5.74, 6) is 0.903. The van der Waals surface area contributed by atoms with Crippen molar-refractivity contribution >= 4 is 11.6 Å². The van der Waals surface area contributed by atoms with Gasteiger partial charge in [-0.3, -0.25) is 4.79 Å². The first kappa shape index (κ1) is 20.5. The average Bonchev–Trinajstić information content (AvgIpc) is 3.58. The molecule has 0 bridgehead atoms. The van der Waals surface area contributed by atoms with Gasteiger partial charge in [0.05, 0.1) is 18.9 Å². The Morgan fingerprint density at radius 2 is 1.88 bits per heavy atom. The number of likely N-dealkylation sites (tertiary alicyclic amines) is 1. The van der Waals surface area contributed by atoms with Crippen LogP contribution in [0.15, 0.2) is 42.6 Å². The van der Waals surface area contributed by atoms with Gasteiger partial charge in [-0.15, -0.1) is 0 Å².